The monoisotopic (exact) mass is 474 g/mol. The Hall–Kier alpha value is -3.80. The molecule has 0 aliphatic carbocycles. The number of hydrogen-bond acceptors (Lipinski definition) is 4. The van der Waals surface area contributed by atoms with Crippen LogP contribution >= 0.6 is 0 Å². The van der Waals surface area contributed by atoms with Gasteiger partial charge in [0.05, 0.1) is 7.11 Å². The van der Waals surface area contributed by atoms with E-state index in [2.05, 4.69) is 49.6 Å². The summed E-state index contributed by atoms with van der Waals surface area (Å²) in [6.07, 6.45) is 0. The number of ether oxygens (including phenoxy) is 1. The van der Waals surface area contributed by atoms with Crippen LogP contribution in [0.25, 0.3) is 11.1 Å². The molecule has 0 saturated heterocycles. The minimum Gasteiger partial charge on any atom is -0.496 e. The standard InChI is InChI=1S/C29H34N2O4/c1-16-11-24(12-17(2)26(16)28(32)31-21(6)29(33)34)22-9-8-10-25(15-22)30-20(5)23-13-18(3)27(35-7)19(4)14-23/h8-15,20-21,30H,1-7H3,(H,31,32)(H,33,34)/t20?,21-/m0/s1. The molecule has 2 atom stereocenters. The van der Waals surface area contributed by atoms with Crippen molar-refractivity contribution in [3.05, 3.63) is 81.9 Å². The maximum atomic E-state index is 12.7. The van der Waals surface area contributed by atoms with E-state index in [9.17, 15) is 9.59 Å². The van der Waals surface area contributed by atoms with Crippen LogP contribution in [0.2, 0.25) is 0 Å². The molecule has 0 bridgehead atoms. The number of carbonyl (C=O) groups is 2. The van der Waals surface area contributed by atoms with Crippen LogP contribution in [0.1, 0.15) is 58.1 Å². The summed E-state index contributed by atoms with van der Waals surface area (Å²) in [5.41, 5.74) is 8.52. The molecule has 0 radical (unpaired) electrons. The van der Waals surface area contributed by atoms with Crippen molar-refractivity contribution >= 4 is 17.6 Å². The number of rotatable bonds is 8. The van der Waals surface area contributed by atoms with E-state index in [1.165, 1.54) is 12.5 Å². The third kappa shape index (κ3) is 5.83. The van der Waals surface area contributed by atoms with E-state index in [0.29, 0.717) is 5.56 Å². The Morgan fingerprint density at radius 3 is 2.00 bits per heavy atom. The molecule has 0 fully saturated rings. The lowest BCUT2D eigenvalue weighted by atomic mass is 9.94. The molecule has 1 amide bonds. The molecule has 35 heavy (non-hydrogen) atoms. The summed E-state index contributed by atoms with van der Waals surface area (Å²) in [7, 11) is 1.70. The van der Waals surface area contributed by atoms with E-state index >= 15 is 0 Å². The first-order valence-electron chi connectivity index (χ1n) is 11.7. The zero-order valence-corrected chi connectivity index (χ0v) is 21.4. The highest BCUT2D eigenvalue weighted by Gasteiger charge is 2.19. The summed E-state index contributed by atoms with van der Waals surface area (Å²) in [5, 5.41) is 15.2. The molecule has 0 aliphatic rings. The Morgan fingerprint density at radius 2 is 1.46 bits per heavy atom. The number of aliphatic carboxylic acids is 1. The van der Waals surface area contributed by atoms with E-state index in [-0.39, 0.29) is 11.9 Å². The molecule has 184 valence electrons. The molecule has 6 nitrogen and oxygen atoms in total. The maximum Gasteiger partial charge on any atom is 0.325 e. The summed E-state index contributed by atoms with van der Waals surface area (Å²) in [5.74, 6) is -0.525. The molecule has 0 heterocycles. The average molecular weight is 475 g/mol. The molecule has 0 aliphatic heterocycles. The normalized spacial score (nSPS) is 12.5. The van der Waals surface area contributed by atoms with Gasteiger partial charge in [0.15, 0.2) is 0 Å². The van der Waals surface area contributed by atoms with Gasteiger partial charge in [-0.25, -0.2) is 0 Å². The van der Waals surface area contributed by atoms with Gasteiger partial charge in [0.25, 0.3) is 5.91 Å². The van der Waals surface area contributed by atoms with Gasteiger partial charge in [-0.05, 0) is 92.6 Å². The first-order chi connectivity index (χ1) is 16.5. The SMILES string of the molecule is COc1c(C)cc(C(C)Nc2cccc(-c3cc(C)c(C(=O)N[C@@H](C)C(=O)O)c(C)c3)c2)cc1C. The molecular weight excluding hydrogens is 440 g/mol. The highest BCUT2D eigenvalue weighted by molar-refractivity contribution is 5.99. The zero-order chi connectivity index (χ0) is 25.9. The Balaban J connectivity index is 1.85. The van der Waals surface area contributed by atoms with Crippen molar-refractivity contribution in [1.29, 1.82) is 0 Å². The molecule has 3 N–H and O–H groups in total. The van der Waals surface area contributed by atoms with E-state index in [4.69, 9.17) is 9.84 Å². The topological polar surface area (TPSA) is 87.7 Å². The van der Waals surface area contributed by atoms with Crippen LogP contribution < -0.4 is 15.4 Å². The molecule has 0 saturated carbocycles. The summed E-state index contributed by atoms with van der Waals surface area (Å²) < 4.78 is 5.49. The van der Waals surface area contributed by atoms with Gasteiger partial charge < -0.3 is 20.5 Å². The number of hydrogen-bond donors (Lipinski definition) is 3. The predicted octanol–water partition coefficient (Wildman–Crippen LogP) is 5.97. The van der Waals surface area contributed by atoms with E-state index in [1.54, 1.807) is 7.11 Å². The lowest BCUT2D eigenvalue weighted by Gasteiger charge is -2.19. The lowest BCUT2D eigenvalue weighted by molar-refractivity contribution is -0.138. The fourth-order valence-corrected chi connectivity index (χ4v) is 4.50. The van der Waals surface area contributed by atoms with Crippen LogP contribution in [0.4, 0.5) is 5.69 Å². The number of carboxylic acids is 1. The number of benzene rings is 3. The van der Waals surface area contributed by atoms with Gasteiger partial charge in [0.1, 0.15) is 11.8 Å². The van der Waals surface area contributed by atoms with Crippen molar-refractivity contribution in [2.24, 2.45) is 0 Å². The second-order valence-corrected chi connectivity index (χ2v) is 9.15. The first kappa shape index (κ1) is 25.8. The van der Waals surface area contributed by atoms with Gasteiger partial charge in [0.2, 0.25) is 0 Å². The van der Waals surface area contributed by atoms with Crippen LogP contribution in [0, 0.1) is 27.7 Å². The average Bonchev–Trinajstić information content (AvgIpc) is 2.78. The fourth-order valence-electron chi connectivity index (χ4n) is 4.50. The molecular formula is C29H34N2O4. The Kier molecular flexibility index (Phi) is 7.85. The van der Waals surface area contributed by atoms with Gasteiger partial charge in [-0.15, -0.1) is 0 Å². The molecule has 3 rings (SSSR count). The Labute approximate surface area is 207 Å². The second-order valence-electron chi connectivity index (χ2n) is 9.15. The van der Waals surface area contributed by atoms with Crippen LogP contribution in [-0.2, 0) is 4.79 Å². The summed E-state index contributed by atoms with van der Waals surface area (Å²) in [4.78, 5) is 23.8. The molecule has 6 heteroatoms. The van der Waals surface area contributed by atoms with Crippen molar-refractivity contribution in [1.82, 2.24) is 5.32 Å². The second kappa shape index (κ2) is 10.6. The highest BCUT2D eigenvalue weighted by Crippen LogP contribution is 2.31. The van der Waals surface area contributed by atoms with Gasteiger partial charge in [-0.3, -0.25) is 9.59 Å². The van der Waals surface area contributed by atoms with E-state index in [1.807, 2.05) is 44.2 Å². The van der Waals surface area contributed by atoms with Crippen molar-refractivity contribution in [3.63, 3.8) is 0 Å². The summed E-state index contributed by atoms with van der Waals surface area (Å²) in [6.45, 7) is 11.4. The maximum absolute atomic E-state index is 12.7. The van der Waals surface area contributed by atoms with E-state index < -0.39 is 12.0 Å². The smallest absolute Gasteiger partial charge is 0.325 e. The number of carboxylic acid groups (broad SMARTS) is 1. The van der Waals surface area contributed by atoms with Gasteiger partial charge in [-0.1, -0.05) is 36.4 Å². The number of anilines is 1. The third-order valence-electron chi connectivity index (χ3n) is 6.24. The largest absolute Gasteiger partial charge is 0.496 e. The number of aryl methyl sites for hydroxylation is 4. The third-order valence-corrected chi connectivity index (χ3v) is 6.24. The molecule has 0 spiro atoms. The number of carbonyl (C=O) groups excluding carboxylic acids is 1. The summed E-state index contributed by atoms with van der Waals surface area (Å²) >= 11 is 0. The molecule has 0 aromatic heterocycles. The van der Waals surface area contributed by atoms with Gasteiger partial charge in [0, 0.05) is 17.3 Å². The van der Waals surface area contributed by atoms with Crippen molar-refractivity contribution < 1.29 is 19.4 Å². The van der Waals surface area contributed by atoms with E-state index in [0.717, 1.165) is 44.8 Å². The zero-order valence-electron chi connectivity index (χ0n) is 21.4. The summed E-state index contributed by atoms with van der Waals surface area (Å²) in [6, 6.07) is 15.6. The fraction of sp³-hybridized carbons (Fsp3) is 0.310. The highest BCUT2D eigenvalue weighted by atomic mass is 16.5. The molecule has 3 aromatic carbocycles. The number of amides is 1. The van der Waals surface area contributed by atoms with Gasteiger partial charge in [-0.2, -0.15) is 0 Å². The van der Waals surface area contributed by atoms with Crippen LogP contribution in [-0.4, -0.2) is 30.1 Å². The number of methoxy groups -OCH3 is 1. The van der Waals surface area contributed by atoms with Crippen LogP contribution in [0.15, 0.2) is 48.5 Å². The van der Waals surface area contributed by atoms with Crippen LogP contribution in [0.3, 0.4) is 0 Å². The quantitative estimate of drug-likeness (QED) is 0.374. The minimum atomic E-state index is -1.07. The van der Waals surface area contributed by atoms with Crippen LogP contribution in [0.5, 0.6) is 5.75 Å². The van der Waals surface area contributed by atoms with Gasteiger partial charge >= 0.3 is 5.97 Å². The predicted molar refractivity (Wildman–Crippen MR) is 140 cm³/mol. The van der Waals surface area contributed by atoms with Crippen molar-refractivity contribution in [3.8, 4) is 16.9 Å². The minimum absolute atomic E-state index is 0.0966. The van der Waals surface area contributed by atoms with Crippen molar-refractivity contribution in [2.75, 3.05) is 12.4 Å². The lowest BCUT2D eigenvalue weighted by Crippen LogP contribution is -2.38. The molecule has 3 aromatic rings. The Bertz CT molecular complexity index is 1220. The number of nitrogens with one attached hydrogen (secondary N) is 2. The molecule has 1 unspecified atom stereocenters. The first-order valence-corrected chi connectivity index (χ1v) is 11.7. The van der Waals surface area contributed by atoms with Crippen molar-refractivity contribution in [2.45, 2.75) is 53.6 Å². The Morgan fingerprint density at radius 1 is 0.857 bits per heavy atom.